The highest BCUT2D eigenvalue weighted by atomic mass is 16.5. The zero-order valence-corrected chi connectivity index (χ0v) is 13.3. The fourth-order valence-corrected chi connectivity index (χ4v) is 4.03. The Balaban J connectivity index is 1.55. The maximum atomic E-state index is 10.0. The Hall–Kier alpha value is -0.800. The second-order valence-electron chi connectivity index (χ2n) is 6.97. The number of aromatic nitrogens is 1. The Bertz CT molecular complexity index is 448. The number of rotatable bonds is 5. The third kappa shape index (κ3) is 3.51. The molecule has 0 radical (unpaired) electrons. The molecule has 2 fully saturated rings. The van der Waals surface area contributed by atoms with Crippen LogP contribution in [0, 0.1) is 0 Å². The first-order valence-corrected chi connectivity index (χ1v) is 8.72. The first-order chi connectivity index (χ1) is 10.2. The first kappa shape index (κ1) is 15.1. The molecule has 3 nitrogen and oxygen atoms in total. The molecule has 21 heavy (non-hydrogen) atoms. The van der Waals surface area contributed by atoms with E-state index < -0.39 is 0 Å². The van der Waals surface area contributed by atoms with Crippen molar-refractivity contribution in [3.8, 4) is 0 Å². The third-order valence-corrected chi connectivity index (χ3v) is 5.24. The molecule has 2 heterocycles. The number of aliphatic hydroxyl groups excluding tert-OH is 1. The van der Waals surface area contributed by atoms with Crippen molar-refractivity contribution in [3.05, 3.63) is 24.0 Å². The predicted molar refractivity (Wildman–Crippen MR) is 84.2 cm³/mol. The van der Waals surface area contributed by atoms with Crippen LogP contribution in [-0.2, 0) is 11.3 Å². The molecule has 1 aliphatic heterocycles. The van der Waals surface area contributed by atoms with Crippen molar-refractivity contribution in [2.75, 3.05) is 0 Å². The highest BCUT2D eigenvalue weighted by molar-refractivity contribution is 5.13. The van der Waals surface area contributed by atoms with Crippen LogP contribution in [0.25, 0.3) is 0 Å². The molecule has 3 rings (SSSR count). The van der Waals surface area contributed by atoms with Gasteiger partial charge >= 0.3 is 0 Å². The van der Waals surface area contributed by atoms with Gasteiger partial charge in [-0.25, -0.2) is 0 Å². The highest BCUT2D eigenvalue weighted by Gasteiger charge is 2.40. The minimum Gasteiger partial charge on any atom is -0.388 e. The molecule has 118 valence electrons. The summed E-state index contributed by atoms with van der Waals surface area (Å²) < 4.78 is 8.62. The monoisotopic (exact) mass is 291 g/mol. The minimum atomic E-state index is -0.314. The summed E-state index contributed by atoms with van der Waals surface area (Å²) >= 11 is 0. The van der Waals surface area contributed by atoms with E-state index in [2.05, 4.69) is 23.9 Å². The average Bonchev–Trinajstić information content (AvgIpc) is 3.09. The molecule has 3 heteroatoms. The van der Waals surface area contributed by atoms with E-state index in [1.807, 2.05) is 6.07 Å². The Kier molecular flexibility index (Phi) is 4.70. The molecule has 0 aromatic carbocycles. The van der Waals surface area contributed by atoms with Gasteiger partial charge in [-0.05, 0) is 43.7 Å². The SMILES string of the molecule is CCCC(O)c1ccn(CC2CCC3(CCCCC3)O2)c1. The zero-order chi connectivity index (χ0) is 14.7. The summed E-state index contributed by atoms with van der Waals surface area (Å²) in [4.78, 5) is 0. The predicted octanol–water partition coefficient (Wildman–Crippen LogP) is 4.20. The lowest BCUT2D eigenvalue weighted by Crippen LogP contribution is -2.32. The van der Waals surface area contributed by atoms with E-state index in [0.29, 0.717) is 6.10 Å². The van der Waals surface area contributed by atoms with Crippen LogP contribution < -0.4 is 0 Å². The van der Waals surface area contributed by atoms with Crippen molar-refractivity contribution in [2.45, 2.75) is 89.1 Å². The van der Waals surface area contributed by atoms with Crippen LogP contribution in [0.2, 0.25) is 0 Å². The van der Waals surface area contributed by atoms with Gasteiger partial charge in [0.25, 0.3) is 0 Å². The molecule has 1 aromatic heterocycles. The number of hydrogen-bond acceptors (Lipinski definition) is 2. The van der Waals surface area contributed by atoms with Crippen LogP contribution in [0.3, 0.4) is 0 Å². The normalized spacial score (nSPS) is 26.3. The van der Waals surface area contributed by atoms with E-state index in [1.54, 1.807) is 0 Å². The fourth-order valence-electron chi connectivity index (χ4n) is 4.03. The van der Waals surface area contributed by atoms with Gasteiger partial charge in [-0.2, -0.15) is 0 Å². The lowest BCUT2D eigenvalue weighted by Gasteiger charge is -2.33. The van der Waals surface area contributed by atoms with Gasteiger partial charge in [0.1, 0.15) is 0 Å². The summed E-state index contributed by atoms with van der Waals surface area (Å²) in [7, 11) is 0. The third-order valence-electron chi connectivity index (χ3n) is 5.24. The maximum absolute atomic E-state index is 10.0. The molecule has 1 spiro atoms. The zero-order valence-electron chi connectivity index (χ0n) is 13.3. The van der Waals surface area contributed by atoms with E-state index in [4.69, 9.17) is 4.74 Å². The topological polar surface area (TPSA) is 34.4 Å². The summed E-state index contributed by atoms with van der Waals surface area (Å²) in [6.45, 7) is 3.04. The van der Waals surface area contributed by atoms with Crippen LogP contribution >= 0.6 is 0 Å². The smallest absolute Gasteiger partial charge is 0.0804 e. The quantitative estimate of drug-likeness (QED) is 0.882. The molecule has 0 amide bonds. The Morgan fingerprint density at radius 3 is 2.90 bits per heavy atom. The summed E-state index contributed by atoms with van der Waals surface area (Å²) in [5.41, 5.74) is 1.25. The Labute approximate surface area is 128 Å². The maximum Gasteiger partial charge on any atom is 0.0804 e. The van der Waals surface area contributed by atoms with Crippen molar-refractivity contribution < 1.29 is 9.84 Å². The van der Waals surface area contributed by atoms with Gasteiger partial charge < -0.3 is 14.4 Å². The van der Waals surface area contributed by atoms with E-state index >= 15 is 0 Å². The van der Waals surface area contributed by atoms with E-state index in [0.717, 1.165) is 24.9 Å². The van der Waals surface area contributed by atoms with Gasteiger partial charge in [-0.1, -0.05) is 32.6 Å². The Morgan fingerprint density at radius 1 is 1.33 bits per heavy atom. The lowest BCUT2D eigenvalue weighted by atomic mass is 9.83. The summed E-state index contributed by atoms with van der Waals surface area (Å²) in [6, 6.07) is 2.05. The van der Waals surface area contributed by atoms with E-state index in [9.17, 15) is 5.11 Å². The molecule has 2 atom stereocenters. The van der Waals surface area contributed by atoms with Crippen molar-refractivity contribution in [1.29, 1.82) is 0 Å². The van der Waals surface area contributed by atoms with Gasteiger partial charge in [0.2, 0.25) is 0 Å². The molecule has 1 saturated carbocycles. The van der Waals surface area contributed by atoms with Gasteiger partial charge in [-0.15, -0.1) is 0 Å². The van der Waals surface area contributed by atoms with Crippen LogP contribution in [0.5, 0.6) is 0 Å². The van der Waals surface area contributed by atoms with Crippen molar-refractivity contribution in [3.63, 3.8) is 0 Å². The number of hydrogen-bond donors (Lipinski definition) is 1. The van der Waals surface area contributed by atoms with Gasteiger partial charge in [0, 0.05) is 18.9 Å². The van der Waals surface area contributed by atoms with Crippen molar-refractivity contribution >= 4 is 0 Å². The van der Waals surface area contributed by atoms with Crippen LogP contribution in [-0.4, -0.2) is 21.4 Å². The molecule has 2 aliphatic rings. The van der Waals surface area contributed by atoms with Crippen molar-refractivity contribution in [1.82, 2.24) is 4.57 Å². The number of aliphatic hydroxyl groups is 1. The standard InChI is InChI=1S/C18H29NO2/c1-2-6-17(20)15-8-12-19(13-15)14-16-7-11-18(21-16)9-4-3-5-10-18/h8,12-13,16-17,20H,2-7,9-11,14H2,1H3. The molecular formula is C18H29NO2. The molecule has 1 N–H and O–H groups in total. The summed E-state index contributed by atoms with van der Waals surface area (Å²) in [5, 5.41) is 10.0. The minimum absolute atomic E-state index is 0.209. The van der Waals surface area contributed by atoms with Crippen molar-refractivity contribution in [2.24, 2.45) is 0 Å². The van der Waals surface area contributed by atoms with Crippen LogP contribution in [0.1, 0.15) is 76.4 Å². The largest absolute Gasteiger partial charge is 0.388 e. The van der Waals surface area contributed by atoms with Crippen LogP contribution in [0.15, 0.2) is 18.5 Å². The fraction of sp³-hybridized carbons (Fsp3) is 0.778. The molecule has 1 aromatic rings. The lowest BCUT2D eigenvalue weighted by molar-refractivity contribution is -0.0679. The summed E-state index contributed by atoms with van der Waals surface area (Å²) in [5.74, 6) is 0. The summed E-state index contributed by atoms with van der Waals surface area (Å²) in [6.07, 6.45) is 15.1. The highest BCUT2D eigenvalue weighted by Crippen LogP contribution is 2.42. The molecule has 1 saturated heterocycles. The van der Waals surface area contributed by atoms with E-state index in [1.165, 1.54) is 44.9 Å². The second-order valence-corrected chi connectivity index (χ2v) is 6.97. The molecule has 1 aliphatic carbocycles. The first-order valence-electron chi connectivity index (χ1n) is 8.72. The van der Waals surface area contributed by atoms with E-state index in [-0.39, 0.29) is 11.7 Å². The van der Waals surface area contributed by atoms with Crippen LogP contribution in [0.4, 0.5) is 0 Å². The Morgan fingerprint density at radius 2 is 2.14 bits per heavy atom. The van der Waals surface area contributed by atoms with Gasteiger partial charge in [-0.3, -0.25) is 0 Å². The number of nitrogens with zero attached hydrogens (tertiary/aromatic N) is 1. The number of ether oxygens (including phenoxy) is 1. The average molecular weight is 291 g/mol. The molecular weight excluding hydrogens is 262 g/mol. The van der Waals surface area contributed by atoms with Gasteiger partial charge in [0.15, 0.2) is 0 Å². The van der Waals surface area contributed by atoms with Gasteiger partial charge in [0.05, 0.1) is 17.8 Å². The molecule has 2 unspecified atom stereocenters. The molecule has 0 bridgehead atoms. The second kappa shape index (κ2) is 6.53.